The van der Waals surface area contributed by atoms with Gasteiger partial charge >= 0.3 is 0 Å². The van der Waals surface area contributed by atoms with Crippen molar-refractivity contribution in [2.24, 2.45) is 0 Å². The van der Waals surface area contributed by atoms with Crippen LogP contribution in [0.1, 0.15) is 37.6 Å². The first kappa shape index (κ1) is 22.4. The molecule has 1 amide bonds. The number of carbonyl (C=O) groups is 1. The highest BCUT2D eigenvalue weighted by molar-refractivity contribution is 9.10. The average molecular weight is 469 g/mol. The number of benzene rings is 2. The van der Waals surface area contributed by atoms with E-state index in [9.17, 15) is 13.2 Å². The summed E-state index contributed by atoms with van der Waals surface area (Å²) in [6, 6.07) is 13.8. The monoisotopic (exact) mass is 468 g/mol. The lowest BCUT2D eigenvalue weighted by molar-refractivity contribution is 0.0950. The molecule has 0 aliphatic rings. The molecule has 0 saturated carbocycles. The molecule has 0 aromatic heterocycles. The highest BCUT2D eigenvalue weighted by atomic mass is 79.9. The third-order valence-corrected chi connectivity index (χ3v) is 6.00. The van der Waals surface area contributed by atoms with E-state index >= 15 is 0 Å². The van der Waals surface area contributed by atoms with Gasteiger partial charge in [0.1, 0.15) is 5.75 Å². The largest absolute Gasteiger partial charge is 0.494 e. The average Bonchev–Trinajstić information content (AvgIpc) is 2.60. The maximum absolute atomic E-state index is 12.5. The van der Waals surface area contributed by atoms with Crippen molar-refractivity contribution in [1.29, 1.82) is 0 Å². The second kappa shape index (κ2) is 9.54. The predicted octanol–water partition coefficient (Wildman–Crippen LogP) is 3.72. The van der Waals surface area contributed by atoms with Gasteiger partial charge in [0.15, 0.2) is 0 Å². The summed E-state index contributed by atoms with van der Waals surface area (Å²) in [5.41, 5.74) is -0.353. The first-order valence-corrected chi connectivity index (χ1v) is 11.2. The fraction of sp³-hybridized carbons (Fsp3) is 0.350. The van der Waals surface area contributed by atoms with E-state index < -0.39 is 15.6 Å². The third-order valence-electron chi connectivity index (χ3n) is 3.55. The third kappa shape index (κ3) is 6.92. The van der Waals surface area contributed by atoms with Crippen LogP contribution < -0.4 is 14.8 Å². The number of hydrogen-bond donors (Lipinski definition) is 2. The normalized spacial score (nSPS) is 11.9. The Balaban J connectivity index is 1.95. The summed E-state index contributed by atoms with van der Waals surface area (Å²) in [5, 5.41) is 2.79. The van der Waals surface area contributed by atoms with Gasteiger partial charge in [0, 0.05) is 16.6 Å². The number of halogens is 1. The Morgan fingerprint density at radius 2 is 1.79 bits per heavy atom. The van der Waals surface area contributed by atoms with Gasteiger partial charge in [-0.1, -0.05) is 18.2 Å². The Hall–Kier alpha value is -1.90. The number of ether oxygens (including phenoxy) is 1. The van der Waals surface area contributed by atoms with Crippen molar-refractivity contribution in [3.8, 4) is 5.75 Å². The summed E-state index contributed by atoms with van der Waals surface area (Å²) in [5.74, 6) is 0.431. The Labute approximate surface area is 174 Å². The standard InChI is InChI=1S/C20H25BrN2O4S/c1-20(2,3)23-28(25,26)16-10-11-18(21)17(14-16)19(24)22-12-7-13-27-15-8-5-4-6-9-15/h4-6,8-11,14,23H,7,12-13H2,1-3H3,(H,22,24). The molecule has 0 aliphatic heterocycles. The first-order chi connectivity index (χ1) is 13.1. The molecule has 0 spiro atoms. The number of sulfonamides is 1. The van der Waals surface area contributed by atoms with E-state index in [-0.39, 0.29) is 16.4 Å². The minimum absolute atomic E-state index is 0.0446. The van der Waals surface area contributed by atoms with E-state index in [1.54, 1.807) is 26.8 Å². The maximum atomic E-state index is 12.5. The van der Waals surface area contributed by atoms with Crippen molar-refractivity contribution in [3.05, 3.63) is 58.6 Å². The Kier molecular flexibility index (Phi) is 7.63. The predicted molar refractivity (Wildman–Crippen MR) is 113 cm³/mol. The van der Waals surface area contributed by atoms with E-state index in [4.69, 9.17) is 4.74 Å². The number of rotatable bonds is 8. The molecule has 0 atom stereocenters. The van der Waals surface area contributed by atoms with Crippen LogP contribution in [-0.2, 0) is 10.0 Å². The van der Waals surface area contributed by atoms with Crippen molar-refractivity contribution in [1.82, 2.24) is 10.0 Å². The minimum Gasteiger partial charge on any atom is -0.494 e. The van der Waals surface area contributed by atoms with E-state index in [2.05, 4.69) is 26.0 Å². The summed E-state index contributed by atoms with van der Waals surface area (Å²) in [6.45, 7) is 6.16. The number of hydrogen-bond acceptors (Lipinski definition) is 4. The van der Waals surface area contributed by atoms with Crippen molar-refractivity contribution >= 4 is 31.9 Å². The second-order valence-electron chi connectivity index (χ2n) is 7.27. The topological polar surface area (TPSA) is 84.5 Å². The molecule has 0 heterocycles. The molecule has 0 bridgehead atoms. The van der Waals surface area contributed by atoms with Gasteiger partial charge in [-0.3, -0.25) is 4.79 Å². The lowest BCUT2D eigenvalue weighted by atomic mass is 10.1. The first-order valence-electron chi connectivity index (χ1n) is 8.88. The molecule has 0 radical (unpaired) electrons. The highest BCUT2D eigenvalue weighted by Gasteiger charge is 2.23. The number of amides is 1. The SMILES string of the molecule is CC(C)(C)NS(=O)(=O)c1ccc(Br)c(C(=O)NCCCOc2ccccc2)c1. The van der Waals surface area contributed by atoms with E-state index in [0.29, 0.717) is 24.0 Å². The summed E-state index contributed by atoms with van der Waals surface area (Å²) in [6.07, 6.45) is 0.627. The fourth-order valence-corrected chi connectivity index (χ4v) is 4.25. The molecular weight excluding hydrogens is 444 g/mol. The van der Waals surface area contributed by atoms with Gasteiger partial charge in [-0.2, -0.15) is 0 Å². The molecule has 2 aromatic rings. The van der Waals surface area contributed by atoms with Gasteiger partial charge in [-0.05, 0) is 73.5 Å². The van der Waals surface area contributed by atoms with Crippen LogP contribution in [0.25, 0.3) is 0 Å². The minimum atomic E-state index is -3.72. The molecule has 6 nitrogen and oxygen atoms in total. The fourth-order valence-electron chi connectivity index (χ4n) is 2.38. The van der Waals surface area contributed by atoms with Gasteiger partial charge in [0.05, 0.1) is 17.1 Å². The molecule has 2 rings (SSSR count). The van der Waals surface area contributed by atoms with Gasteiger partial charge in [-0.25, -0.2) is 13.1 Å². The van der Waals surface area contributed by atoms with Crippen molar-refractivity contribution < 1.29 is 17.9 Å². The molecule has 8 heteroatoms. The Morgan fingerprint density at radius 3 is 2.43 bits per heavy atom. The molecule has 152 valence electrons. The molecule has 2 aromatic carbocycles. The van der Waals surface area contributed by atoms with Crippen molar-refractivity contribution in [2.75, 3.05) is 13.2 Å². The molecule has 0 unspecified atom stereocenters. The van der Waals surface area contributed by atoms with Crippen LogP contribution >= 0.6 is 15.9 Å². The molecule has 0 fully saturated rings. The molecule has 28 heavy (non-hydrogen) atoms. The number of carbonyl (C=O) groups excluding carboxylic acids is 1. The zero-order valence-corrected chi connectivity index (χ0v) is 18.6. The molecular formula is C20H25BrN2O4S. The molecule has 0 saturated heterocycles. The van der Waals surface area contributed by atoms with Crippen LogP contribution in [0, 0.1) is 0 Å². The van der Waals surface area contributed by atoms with Crippen LogP contribution in [0.5, 0.6) is 5.75 Å². The molecule has 0 aliphatic carbocycles. The Bertz CT molecular complexity index is 910. The quantitative estimate of drug-likeness (QED) is 0.578. The van der Waals surface area contributed by atoms with Gasteiger partial charge in [-0.15, -0.1) is 0 Å². The highest BCUT2D eigenvalue weighted by Crippen LogP contribution is 2.22. The van der Waals surface area contributed by atoms with E-state index in [1.165, 1.54) is 12.1 Å². The summed E-state index contributed by atoms with van der Waals surface area (Å²) in [4.78, 5) is 12.5. The van der Waals surface area contributed by atoms with E-state index in [0.717, 1.165) is 5.75 Å². The lowest BCUT2D eigenvalue weighted by Gasteiger charge is -2.20. The second-order valence-corrected chi connectivity index (χ2v) is 9.80. The van der Waals surface area contributed by atoms with Gasteiger partial charge in [0.2, 0.25) is 10.0 Å². The number of para-hydroxylation sites is 1. The van der Waals surface area contributed by atoms with Crippen LogP contribution in [0.2, 0.25) is 0 Å². The zero-order valence-electron chi connectivity index (χ0n) is 16.2. The summed E-state index contributed by atoms with van der Waals surface area (Å²) >= 11 is 3.31. The van der Waals surface area contributed by atoms with Crippen molar-refractivity contribution in [3.63, 3.8) is 0 Å². The molecule has 2 N–H and O–H groups in total. The van der Waals surface area contributed by atoms with Gasteiger partial charge in [0.25, 0.3) is 5.91 Å². The van der Waals surface area contributed by atoms with Crippen molar-refractivity contribution in [2.45, 2.75) is 37.6 Å². The zero-order chi connectivity index (χ0) is 20.8. The van der Waals surface area contributed by atoms with Crippen LogP contribution in [0.3, 0.4) is 0 Å². The summed E-state index contributed by atoms with van der Waals surface area (Å²) < 4.78 is 33.7. The maximum Gasteiger partial charge on any atom is 0.252 e. The summed E-state index contributed by atoms with van der Waals surface area (Å²) in [7, 11) is -3.72. The smallest absolute Gasteiger partial charge is 0.252 e. The van der Waals surface area contributed by atoms with Crippen LogP contribution in [0.4, 0.5) is 0 Å². The lowest BCUT2D eigenvalue weighted by Crippen LogP contribution is -2.40. The Morgan fingerprint density at radius 1 is 1.11 bits per heavy atom. The van der Waals surface area contributed by atoms with Crippen LogP contribution in [-0.4, -0.2) is 33.0 Å². The number of nitrogens with one attached hydrogen (secondary N) is 2. The van der Waals surface area contributed by atoms with Crippen LogP contribution in [0.15, 0.2) is 57.9 Å². The van der Waals surface area contributed by atoms with E-state index in [1.807, 2.05) is 30.3 Å². The van der Waals surface area contributed by atoms with Gasteiger partial charge < -0.3 is 10.1 Å².